The lowest BCUT2D eigenvalue weighted by Gasteiger charge is -2.11. The largest absolute Gasteiger partial charge is 0.488 e. The van der Waals surface area contributed by atoms with E-state index < -0.39 is 4.92 Å². The van der Waals surface area contributed by atoms with Crippen LogP contribution >= 0.6 is 11.3 Å². The second-order valence-corrected chi connectivity index (χ2v) is 7.79. The van der Waals surface area contributed by atoms with Crippen LogP contribution in [-0.2, 0) is 6.61 Å². The molecule has 0 atom stereocenters. The number of nitrogens with zero attached hydrogens (tertiary/aromatic N) is 2. The molecular formula is C21H17N3O4S. The van der Waals surface area contributed by atoms with Gasteiger partial charge in [-0.3, -0.25) is 14.9 Å². The van der Waals surface area contributed by atoms with E-state index in [1.165, 1.54) is 23.5 Å². The molecule has 0 bridgehead atoms. The Labute approximate surface area is 169 Å². The highest BCUT2D eigenvalue weighted by Crippen LogP contribution is 2.31. The molecule has 0 spiro atoms. The fraction of sp³-hybridized carbons (Fsp3) is 0.143. The number of non-ortho nitro benzene ring substituents is 1. The Morgan fingerprint density at radius 3 is 2.59 bits per heavy atom. The van der Waals surface area contributed by atoms with E-state index in [1.54, 1.807) is 18.2 Å². The zero-order valence-corrected chi connectivity index (χ0v) is 16.6. The SMILES string of the molecule is Cc1sc2nc(-c3ccccc3OCc3ccc([N+](=O)[O-])cc3)[nH]c(=O)c2c1C. The number of H-pyrrole nitrogens is 1. The van der Waals surface area contributed by atoms with Crippen molar-refractivity contribution in [2.24, 2.45) is 0 Å². The van der Waals surface area contributed by atoms with Crippen molar-refractivity contribution in [1.29, 1.82) is 0 Å². The van der Waals surface area contributed by atoms with Crippen LogP contribution in [0.15, 0.2) is 53.3 Å². The van der Waals surface area contributed by atoms with Crippen LogP contribution in [-0.4, -0.2) is 14.9 Å². The van der Waals surface area contributed by atoms with Gasteiger partial charge in [-0.05, 0) is 49.2 Å². The second kappa shape index (κ2) is 7.48. The number of aryl methyl sites for hydroxylation is 2. The molecule has 2 heterocycles. The Bertz CT molecular complexity index is 1280. The molecule has 29 heavy (non-hydrogen) atoms. The van der Waals surface area contributed by atoms with Gasteiger partial charge in [0.2, 0.25) is 0 Å². The standard InChI is InChI=1S/C21H17N3O4S/c1-12-13(2)29-21-18(12)20(25)22-19(23-21)16-5-3-4-6-17(16)28-11-14-7-9-15(10-8-14)24(26)27/h3-10H,11H2,1-2H3,(H,22,23,25). The Balaban J connectivity index is 1.66. The zero-order chi connectivity index (χ0) is 20.5. The third-order valence-corrected chi connectivity index (χ3v) is 5.82. The molecule has 8 heteroatoms. The van der Waals surface area contributed by atoms with Crippen LogP contribution in [0.2, 0.25) is 0 Å². The lowest BCUT2D eigenvalue weighted by Crippen LogP contribution is -2.09. The molecule has 0 radical (unpaired) electrons. The Morgan fingerprint density at radius 2 is 1.86 bits per heavy atom. The van der Waals surface area contributed by atoms with E-state index in [2.05, 4.69) is 9.97 Å². The number of benzene rings is 2. The first-order valence-electron chi connectivity index (χ1n) is 8.89. The van der Waals surface area contributed by atoms with Gasteiger partial charge in [-0.1, -0.05) is 12.1 Å². The van der Waals surface area contributed by atoms with Gasteiger partial charge in [-0.25, -0.2) is 4.98 Å². The van der Waals surface area contributed by atoms with Crippen molar-refractivity contribution in [3.05, 3.63) is 85.0 Å². The fourth-order valence-electron chi connectivity index (χ4n) is 3.05. The molecule has 4 aromatic rings. The minimum Gasteiger partial charge on any atom is -0.488 e. The molecule has 0 aliphatic rings. The number of aromatic amines is 1. The number of ether oxygens (including phenoxy) is 1. The topological polar surface area (TPSA) is 98.1 Å². The van der Waals surface area contributed by atoms with Crippen LogP contribution in [0.5, 0.6) is 5.75 Å². The number of para-hydroxylation sites is 1. The highest BCUT2D eigenvalue weighted by atomic mass is 32.1. The van der Waals surface area contributed by atoms with E-state index in [1.807, 2.05) is 32.0 Å². The number of thiophene rings is 1. The molecule has 0 saturated carbocycles. The first kappa shape index (κ1) is 18.8. The molecule has 2 aromatic carbocycles. The molecule has 0 saturated heterocycles. The molecule has 7 nitrogen and oxygen atoms in total. The summed E-state index contributed by atoms with van der Waals surface area (Å²) >= 11 is 1.49. The molecule has 0 aliphatic carbocycles. The van der Waals surface area contributed by atoms with E-state index in [0.29, 0.717) is 27.4 Å². The van der Waals surface area contributed by atoms with Gasteiger partial charge >= 0.3 is 0 Å². The highest BCUT2D eigenvalue weighted by molar-refractivity contribution is 7.18. The summed E-state index contributed by atoms with van der Waals surface area (Å²) in [4.78, 5) is 32.2. The maximum Gasteiger partial charge on any atom is 0.269 e. The van der Waals surface area contributed by atoms with Crippen molar-refractivity contribution in [3.63, 3.8) is 0 Å². The average Bonchev–Trinajstić information content (AvgIpc) is 3.01. The van der Waals surface area contributed by atoms with Gasteiger partial charge in [0, 0.05) is 17.0 Å². The molecular weight excluding hydrogens is 390 g/mol. The number of rotatable bonds is 5. The summed E-state index contributed by atoms with van der Waals surface area (Å²) in [7, 11) is 0. The van der Waals surface area contributed by atoms with Crippen molar-refractivity contribution in [3.8, 4) is 17.1 Å². The molecule has 2 aromatic heterocycles. The predicted molar refractivity (Wildman–Crippen MR) is 113 cm³/mol. The van der Waals surface area contributed by atoms with E-state index in [9.17, 15) is 14.9 Å². The summed E-state index contributed by atoms with van der Waals surface area (Å²) in [5.74, 6) is 1.02. The molecule has 4 rings (SSSR count). The van der Waals surface area contributed by atoms with Crippen molar-refractivity contribution in [2.75, 3.05) is 0 Å². The van der Waals surface area contributed by atoms with Crippen LogP contribution in [0.4, 0.5) is 5.69 Å². The fourth-order valence-corrected chi connectivity index (χ4v) is 4.08. The number of aromatic nitrogens is 2. The van der Waals surface area contributed by atoms with Gasteiger partial charge in [0.25, 0.3) is 11.2 Å². The van der Waals surface area contributed by atoms with Gasteiger partial charge in [-0.15, -0.1) is 11.3 Å². The minimum atomic E-state index is -0.438. The van der Waals surface area contributed by atoms with Crippen molar-refractivity contribution >= 4 is 27.2 Å². The second-order valence-electron chi connectivity index (χ2n) is 6.59. The predicted octanol–water partition coefficient (Wildman–Crippen LogP) is 4.76. The number of nitro groups is 1. The molecule has 0 unspecified atom stereocenters. The first-order valence-corrected chi connectivity index (χ1v) is 9.71. The summed E-state index contributed by atoms with van der Waals surface area (Å²) in [5.41, 5.74) is 2.29. The third-order valence-electron chi connectivity index (χ3n) is 4.72. The average molecular weight is 407 g/mol. The van der Waals surface area contributed by atoms with Gasteiger partial charge in [-0.2, -0.15) is 0 Å². The summed E-state index contributed by atoms with van der Waals surface area (Å²) < 4.78 is 5.93. The van der Waals surface area contributed by atoms with E-state index >= 15 is 0 Å². The number of hydrogen-bond donors (Lipinski definition) is 1. The number of hydrogen-bond acceptors (Lipinski definition) is 6. The van der Waals surface area contributed by atoms with E-state index in [0.717, 1.165) is 16.0 Å². The van der Waals surface area contributed by atoms with Gasteiger partial charge in [0.05, 0.1) is 15.9 Å². The summed E-state index contributed by atoms with van der Waals surface area (Å²) in [6.07, 6.45) is 0. The maximum atomic E-state index is 12.6. The van der Waals surface area contributed by atoms with E-state index in [4.69, 9.17) is 4.74 Å². The smallest absolute Gasteiger partial charge is 0.269 e. The van der Waals surface area contributed by atoms with Crippen LogP contribution < -0.4 is 10.3 Å². The molecule has 146 valence electrons. The summed E-state index contributed by atoms with van der Waals surface area (Å²) in [6.45, 7) is 4.13. The van der Waals surface area contributed by atoms with Crippen molar-refractivity contribution in [1.82, 2.24) is 9.97 Å². The molecule has 0 fully saturated rings. The quantitative estimate of drug-likeness (QED) is 0.380. The highest BCUT2D eigenvalue weighted by Gasteiger charge is 2.15. The summed E-state index contributed by atoms with van der Waals surface area (Å²) in [5, 5.41) is 11.4. The number of fused-ring (bicyclic) bond motifs is 1. The Hall–Kier alpha value is -3.52. The number of nitro benzene ring substituents is 1. The molecule has 1 N–H and O–H groups in total. The van der Waals surface area contributed by atoms with Crippen LogP contribution in [0, 0.1) is 24.0 Å². The Morgan fingerprint density at radius 1 is 1.14 bits per heavy atom. The van der Waals surface area contributed by atoms with Crippen LogP contribution in [0.1, 0.15) is 16.0 Å². The lowest BCUT2D eigenvalue weighted by molar-refractivity contribution is -0.384. The maximum absolute atomic E-state index is 12.6. The van der Waals surface area contributed by atoms with Crippen molar-refractivity contribution < 1.29 is 9.66 Å². The van der Waals surface area contributed by atoms with Gasteiger partial charge < -0.3 is 9.72 Å². The molecule has 0 aliphatic heterocycles. The number of nitrogens with one attached hydrogen (secondary N) is 1. The van der Waals surface area contributed by atoms with Crippen LogP contribution in [0.3, 0.4) is 0 Å². The lowest BCUT2D eigenvalue weighted by atomic mass is 10.1. The zero-order valence-electron chi connectivity index (χ0n) is 15.8. The van der Waals surface area contributed by atoms with E-state index in [-0.39, 0.29) is 17.9 Å². The van der Waals surface area contributed by atoms with Crippen molar-refractivity contribution in [2.45, 2.75) is 20.5 Å². The third kappa shape index (κ3) is 3.62. The van der Waals surface area contributed by atoms with Gasteiger partial charge in [0.15, 0.2) is 0 Å². The molecule has 0 amide bonds. The first-order chi connectivity index (χ1) is 13.9. The normalized spacial score (nSPS) is 11.0. The Kier molecular flexibility index (Phi) is 4.85. The van der Waals surface area contributed by atoms with Gasteiger partial charge in [0.1, 0.15) is 23.0 Å². The monoisotopic (exact) mass is 407 g/mol. The minimum absolute atomic E-state index is 0.0331. The van der Waals surface area contributed by atoms with Crippen LogP contribution in [0.25, 0.3) is 21.6 Å². The summed E-state index contributed by atoms with van der Waals surface area (Å²) in [6, 6.07) is 13.5.